The van der Waals surface area contributed by atoms with Crippen LogP contribution in [0.5, 0.6) is 0 Å². The van der Waals surface area contributed by atoms with Crippen molar-refractivity contribution in [2.75, 3.05) is 0 Å². The number of fused-ring (bicyclic) bond motifs is 1. The SMILES string of the molecule is CC(C)N1Cc2cc(-c3ccc(/C=C4\NC(=S)NC4=O)s3)ccc2C1=O. The third-order valence-electron chi connectivity index (χ3n) is 4.48. The van der Waals surface area contributed by atoms with E-state index in [-0.39, 0.29) is 17.9 Å². The molecule has 1 aromatic heterocycles. The first-order chi connectivity index (χ1) is 12.4. The van der Waals surface area contributed by atoms with Gasteiger partial charge < -0.3 is 10.2 Å². The van der Waals surface area contributed by atoms with Crippen molar-refractivity contribution in [1.82, 2.24) is 15.5 Å². The van der Waals surface area contributed by atoms with Crippen molar-refractivity contribution >= 4 is 46.6 Å². The molecule has 7 heteroatoms. The lowest BCUT2D eigenvalue weighted by Gasteiger charge is -2.19. The zero-order valence-corrected chi connectivity index (χ0v) is 16.0. The van der Waals surface area contributed by atoms with E-state index in [0.29, 0.717) is 17.4 Å². The third kappa shape index (κ3) is 2.93. The molecule has 1 saturated heterocycles. The number of thiocarbonyl (C=S) groups is 1. The minimum atomic E-state index is -0.213. The molecule has 0 aliphatic carbocycles. The number of nitrogens with zero attached hydrogens (tertiary/aromatic N) is 1. The fourth-order valence-electron chi connectivity index (χ4n) is 3.12. The van der Waals surface area contributed by atoms with E-state index in [0.717, 1.165) is 26.4 Å². The van der Waals surface area contributed by atoms with Crippen LogP contribution < -0.4 is 10.6 Å². The molecule has 0 spiro atoms. The lowest BCUT2D eigenvalue weighted by molar-refractivity contribution is -0.115. The smallest absolute Gasteiger partial charge is 0.273 e. The Balaban J connectivity index is 1.61. The summed E-state index contributed by atoms with van der Waals surface area (Å²) in [4.78, 5) is 28.1. The largest absolute Gasteiger partial charge is 0.332 e. The maximum atomic E-state index is 12.4. The summed E-state index contributed by atoms with van der Waals surface area (Å²) in [5.74, 6) is -0.109. The van der Waals surface area contributed by atoms with Gasteiger partial charge in [0.1, 0.15) is 5.70 Å². The van der Waals surface area contributed by atoms with E-state index in [1.54, 1.807) is 17.4 Å². The third-order valence-corrected chi connectivity index (χ3v) is 5.76. The molecule has 1 aromatic carbocycles. The molecule has 0 unspecified atom stereocenters. The second-order valence-corrected chi connectivity index (χ2v) is 8.09. The van der Waals surface area contributed by atoms with Crippen molar-refractivity contribution in [2.45, 2.75) is 26.4 Å². The lowest BCUT2D eigenvalue weighted by atomic mass is 10.1. The van der Waals surface area contributed by atoms with Crippen LogP contribution in [-0.4, -0.2) is 27.9 Å². The van der Waals surface area contributed by atoms with Gasteiger partial charge in [-0.3, -0.25) is 14.9 Å². The first kappa shape index (κ1) is 16.9. The van der Waals surface area contributed by atoms with Crippen LogP contribution in [0.15, 0.2) is 36.0 Å². The molecule has 5 nitrogen and oxygen atoms in total. The molecule has 26 heavy (non-hydrogen) atoms. The molecule has 3 heterocycles. The Kier molecular flexibility index (Phi) is 4.13. The van der Waals surface area contributed by atoms with Crippen LogP contribution in [0.4, 0.5) is 0 Å². The number of amides is 2. The lowest BCUT2D eigenvalue weighted by Crippen LogP contribution is -2.30. The highest BCUT2D eigenvalue weighted by molar-refractivity contribution is 7.80. The van der Waals surface area contributed by atoms with Gasteiger partial charge in [-0.1, -0.05) is 6.07 Å². The highest BCUT2D eigenvalue weighted by Gasteiger charge is 2.29. The molecule has 4 rings (SSSR count). The van der Waals surface area contributed by atoms with E-state index in [1.165, 1.54) is 0 Å². The van der Waals surface area contributed by atoms with Crippen LogP contribution in [0.25, 0.3) is 16.5 Å². The predicted octanol–water partition coefficient (Wildman–Crippen LogP) is 3.12. The molecule has 2 aromatic rings. The number of thiophene rings is 1. The van der Waals surface area contributed by atoms with Gasteiger partial charge in [-0.2, -0.15) is 0 Å². The Hall–Kier alpha value is -2.51. The molecule has 0 radical (unpaired) electrons. The molecule has 2 N–H and O–H groups in total. The van der Waals surface area contributed by atoms with Gasteiger partial charge in [0, 0.05) is 27.9 Å². The summed E-state index contributed by atoms with van der Waals surface area (Å²) in [5.41, 5.74) is 3.39. The van der Waals surface area contributed by atoms with Crippen molar-refractivity contribution in [3.8, 4) is 10.4 Å². The Labute approximate surface area is 160 Å². The Morgan fingerprint density at radius 3 is 2.69 bits per heavy atom. The first-order valence-electron chi connectivity index (χ1n) is 8.30. The average Bonchev–Trinajstić information content (AvgIpc) is 3.26. The number of hydrogen-bond donors (Lipinski definition) is 2. The molecule has 2 aliphatic heterocycles. The topological polar surface area (TPSA) is 61.4 Å². The van der Waals surface area contributed by atoms with Crippen LogP contribution in [0.3, 0.4) is 0 Å². The average molecular weight is 383 g/mol. The summed E-state index contributed by atoms with van der Waals surface area (Å²) in [6.45, 7) is 4.72. The van der Waals surface area contributed by atoms with E-state index in [2.05, 4.69) is 16.7 Å². The minimum absolute atomic E-state index is 0.104. The van der Waals surface area contributed by atoms with Crippen molar-refractivity contribution in [2.24, 2.45) is 0 Å². The first-order valence-corrected chi connectivity index (χ1v) is 9.53. The summed E-state index contributed by atoms with van der Waals surface area (Å²) >= 11 is 6.53. The number of rotatable bonds is 3. The van der Waals surface area contributed by atoms with Crippen LogP contribution in [0.2, 0.25) is 0 Å². The molecule has 2 amide bonds. The monoisotopic (exact) mass is 383 g/mol. The minimum Gasteiger partial charge on any atom is -0.332 e. The zero-order valence-electron chi connectivity index (χ0n) is 14.3. The van der Waals surface area contributed by atoms with Gasteiger partial charge in [-0.15, -0.1) is 11.3 Å². The standard InChI is InChI=1S/C19H17N3O2S2/c1-10(2)22-9-12-7-11(3-5-14(12)18(22)24)16-6-4-13(26-16)8-15-17(23)21-19(25)20-15/h3-8,10H,9H2,1-2H3,(H2,20,21,23,25)/b15-8-. The second-order valence-electron chi connectivity index (χ2n) is 6.57. The van der Waals surface area contributed by atoms with E-state index in [4.69, 9.17) is 12.2 Å². The number of carbonyl (C=O) groups excluding carboxylic acids is 2. The summed E-state index contributed by atoms with van der Waals surface area (Å²) in [7, 11) is 0. The maximum absolute atomic E-state index is 12.4. The van der Waals surface area contributed by atoms with Gasteiger partial charge in [0.15, 0.2) is 5.11 Å². The van der Waals surface area contributed by atoms with E-state index in [9.17, 15) is 9.59 Å². The Bertz CT molecular complexity index is 975. The van der Waals surface area contributed by atoms with E-state index in [1.807, 2.05) is 43.0 Å². The van der Waals surface area contributed by atoms with Crippen molar-refractivity contribution < 1.29 is 9.59 Å². The quantitative estimate of drug-likeness (QED) is 0.632. The molecule has 1 fully saturated rings. The van der Waals surface area contributed by atoms with E-state index < -0.39 is 0 Å². The predicted molar refractivity (Wildman–Crippen MR) is 107 cm³/mol. The molecular formula is C19H17N3O2S2. The molecule has 2 aliphatic rings. The normalized spacial score (nSPS) is 17.9. The second kappa shape index (κ2) is 6.34. The van der Waals surface area contributed by atoms with Crippen molar-refractivity contribution in [1.29, 1.82) is 0 Å². The van der Waals surface area contributed by atoms with Crippen molar-refractivity contribution in [3.05, 3.63) is 52.0 Å². The Morgan fingerprint density at radius 2 is 2.00 bits per heavy atom. The fraction of sp³-hybridized carbons (Fsp3) is 0.211. The van der Waals surface area contributed by atoms with Crippen LogP contribution >= 0.6 is 23.6 Å². The summed E-state index contributed by atoms with van der Waals surface area (Å²) in [6.07, 6.45) is 1.79. The fourth-order valence-corrected chi connectivity index (χ4v) is 4.27. The molecule has 132 valence electrons. The van der Waals surface area contributed by atoms with Crippen molar-refractivity contribution in [3.63, 3.8) is 0 Å². The van der Waals surface area contributed by atoms with Crippen LogP contribution in [-0.2, 0) is 11.3 Å². The highest BCUT2D eigenvalue weighted by atomic mass is 32.1. The summed E-state index contributed by atoms with van der Waals surface area (Å²) in [6, 6.07) is 10.2. The molecular weight excluding hydrogens is 366 g/mol. The number of hydrogen-bond acceptors (Lipinski definition) is 4. The maximum Gasteiger partial charge on any atom is 0.273 e. The summed E-state index contributed by atoms with van der Waals surface area (Å²) in [5, 5.41) is 5.73. The number of nitrogens with one attached hydrogen (secondary N) is 2. The number of benzene rings is 1. The Morgan fingerprint density at radius 1 is 1.19 bits per heavy atom. The van der Waals surface area contributed by atoms with Gasteiger partial charge in [0.25, 0.3) is 11.8 Å². The van der Waals surface area contributed by atoms with Crippen LogP contribution in [0.1, 0.15) is 34.6 Å². The van der Waals surface area contributed by atoms with Gasteiger partial charge in [0.2, 0.25) is 0 Å². The van der Waals surface area contributed by atoms with Gasteiger partial charge >= 0.3 is 0 Å². The van der Waals surface area contributed by atoms with Gasteiger partial charge in [-0.05, 0) is 67.5 Å². The van der Waals surface area contributed by atoms with Gasteiger partial charge in [-0.25, -0.2) is 0 Å². The molecule has 0 atom stereocenters. The summed E-state index contributed by atoms with van der Waals surface area (Å²) < 4.78 is 0. The van der Waals surface area contributed by atoms with Crippen LogP contribution in [0, 0.1) is 0 Å². The molecule has 0 bridgehead atoms. The number of carbonyl (C=O) groups is 2. The molecule has 0 saturated carbocycles. The van der Waals surface area contributed by atoms with Gasteiger partial charge in [0.05, 0.1) is 0 Å². The highest BCUT2D eigenvalue weighted by Crippen LogP contribution is 2.33. The van der Waals surface area contributed by atoms with E-state index >= 15 is 0 Å². The zero-order chi connectivity index (χ0) is 18.4.